The van der Waals surface area contributed by atoms with E-state index in [1.165, 1.54) is 42.6 Å². The predicted octanol–water partition coefficient (Wildman–Crippen LogP) is 3.56. The lowest BCUT2D eigenvalue weighted by molar-refractivity contribution is 0.357. The first-order valence-corrected chi connectivity index (χ1v) is 8.46. The zero-order chi connectivity index (χ0) is 13.1. The fourth-order valence-electron chi connectivity index (χ4n) is 3.06. The average Bonchev–Trinajstić information content (AvgIpc) is 3.09. The van der Waals surface area contributed by atoms with Gasteiger partial charge in [-0.1, -0.05) is 25.0 Å². The van der Waals surface area contributed by atoms with Crippen molar-refractivity contribution in [3.8, 4) is 5.75 Å². The van der Waals surface area contributed by atoms with E-state index in [1.807, 2.05) is 0 Å². The average molecular weight is 277 g/mol. The molecule has 1 atom stereocenters. The van der Waals surface area contributed by atoms with Gasteiger partial charge in [0, 0.05) is 23.5 Å². The fraction of sp³-hybridized carbons (Fsp3) is 0.625. The van der Waals surface area contributed by atoms with Crippen molar-refractivity contribution in [2.75, 3.05) is 19.4 Å². The van der Waals surface area contributed by atoms with Gasteiger partial charge in [0.05, 0.1) is 6.61 Å². The molecule has 2 nitrogen and oxygen atoms in total. The van der Waals surface area contributed by atoms with Crippen molar-refractivity contribution in [1.29, 1.82) is 0 Å². The monoisotopic (exact) mass is 277 g/mol. The molecule has 1 aliphatic heterocycles. The summed E-state index contributed by atoms with van der Waals surface area (Å²) in [5.41, 5.74) is 2.79. The maximum Gasteiger partial charge on any atom is 0.122 e. The van der Waals surface area contributed by atoms with Crippen LogP contribution in [-0.2, 0) is 6.42 Å². The maximum absolute atomic E-state index is 5.58. The Morgan fingerprint density at radius 1 is 1.37 bits per heavy atom. The van der Waals surface area contributed by atoms with Crippen LogP contribution in [0.2, 0.25) is 0 Å². The summed E-state index contributed by atoms with van der Waals surface area (Å²) in [7, 11) is 2.07. The highest BCUT2D eigenvalue weighted by molar-refractivity contribution is 7.99. The first-order chi connectivity index (χ1) is 9.36. The van der Waals surface area contributed by atoms with Gasteiger partial charge in [0.25, 0.3) is 0 Å². The Morgan fingerprint density at radius 2 is 2.21 bits per heavy atom. The third kappa shape index (κ3) is 3.09. The molecule has 0 bridgehead atoms. The highest BCUT2D eigenvalue weighted by Crippen LogP contribution is 2.33. The van der Waals surface area contributed by atoms with Gasteiger partial charge in [-0.25, -0.2) is 0 Å². The van der Waals surface area contributed by atoms with E-state index >= 15 is 0 Å². The Hall–Kier alpha value is -0.670. The van der Waals surface area contributed by atoms with Crippen LogP contribution in [0.15, 0.2) is 18.2 Å². The summed E-state index contributed by atoms with van der Waals surface area (Å²) < 4.78 is 5.58. The van der Waals surface area contributed by atoms with E-state index in [9.17, 15) is 0 Å². The topological polar surface area (TPSA) is 21.3 Å². The number of nitrogens with one attached hydrogen (secondary N) is 1. The Bertz CT molecular complexity index is 429. The van der Waals surface area contributed by atoms with Gasteiger partial charge >= 0.3 is 0 Å². The lowest BCUT2D eigenvalue weighted by atomic mass is 10.0. The second-order valence-corrected chi connectivity index (χ2v) is 6.88. The molecule has 3 rings (SSSR count). The van der Waals surface area contributed by atoms with E-state index < -0.39 is 0 Å². The third-order valence-electron chi connectivity index (χ3n) is 4.27. The molecular weight excluding hydrogens is 254 g/mol. The predicted molar refractivity (Wildman–Crippen MR) is 82.2 cm³/mol. The summed E-state index contributed by atoms with van der Waals surface area (Å²) in [5, 5.41) is 4.37. The van der Waals surface area contributed by atoms with Crippen molar-refractivity contribution in [2.45, 2.75) is 43.4 Å². The van der Waals surface area contributed by atoms with Crippen molar-refractivity contribution < 1.29 is 4.74 Å². The summed E-state index contributed by atoms with van der Waals surface area (Å²) in [6.07, 6.45) is 6.75. The molecule has 1 aliphatic carbocycles. The molecular formula is C16H23NOS. The van der Waals surface area contributed by atoms with E-state index in [1.54, 1.807) is 0 Å². The molecule has 104 valence electrons. The van der Waals surface area contributed by atoms with Gasteiger partial charge in [0.1, 0.15) is 5.75 Å². The smallest absolute Gasteiger partial charge is 0.122 e. The molecule has 1 saturated carbocycles. The lowest BCUT2D eigenvalue weighted by Crippen LogP contribution is -2.20. The standard InChI is InChI=1S/C16H23NOS/c1-17-15(11-19-14-4-2-3-5-14)12-6-7-16-13(10-12)8-9-18-16/h6-7,10,14-15,17H,2-5,8-9,11H2,1H3. The first kappa shape index (κ1) is 13.3. The second-order valence-electron chi connectivity index (χ2n) is 5.55. The van der Waals surface area contributed by atoms with Gasteiger partial charge < -0.3 is 10.1 Å². The Kier molecular flexibility index (Phi) is 4.34. The van der Waals surface area contributed by atoms with E-state index in [0.29, 0.717) is 6.04 Å². The molecule has 2 aliphatic rings. The van der Waals surface area contributed by atoms with Gasteiger partial charge in [0.2, 0.25) is 0 Å². The molecule has 1 aromatic carbocycles. The number of hydrogen-bond donors (Lipinski definition) is 1. The van der Waals surface area contributed by atoms with Crippen LogP contribution in [0.3, 0.4) is 0 Å². The number of hydrogen-bond acceptors (Lipinski definition) is 3. The van der Waals surface area contributed by atoms with Crippen LogP contribution in [0.25, 0.3) is 0 Å². The van der Waals surface area contributed by atoms with Crippen LogP contribution in [0.1, 0.15) is 42.9 Å². The number of thioether (sulfide) groups is 1. The summed E-state index contributed by atoms with van der Waals surface area (Å²) in [6, 6.07) is 7.16. The second kappa shape index (κ2) is 6.19. The Morgan fingerprint density at radius 3 is 3.00 bits per heavy atom. The summed E-state index contributed by atoms with van der Waals surface area (Å²) in [4.78, 5) is 0. The maximum atomic E-state index is 5.58. The fourth-order valence-corrected chi connectivity index (χ4v) is 4.55. The molecule has 0 spiro atoms. The molecule has 1 N–H and O–H groups in total. The molecule has 1 heterocycles. The normalized spacial score (nSPS) is 20.3. The molecule has 0 amide bonds. The summed E-state index contributed by atoms with van der Waals surface area (Å²) in [5.74, 6) is 2.27. The minimum absolute atomic E-state index is 0.469. The Labute approximate surface area is 120 Å². The summed E-state index contributed by atoms with van der Waals surface area (Å²) >= 11 is 2.15. The van der Waals surface area contributed by atoms with E-state index in [2.05, 4.69) is 42.3 Å². The largest absolute Gasteiger partial charge is 0.493 e. The summed E-state index contributed by atoms with van der Waals surface area (Å²) in [6.45, 7) is 0.847. The first-order valence-electron chi connectivity index (χ1n) is 7.41. The molecule has 0 saturated heterocycles. The van der Waals surface area contributed by atoms with Crippen molar-refractivity contribution >= 4 is 11.8 Å². The van der Waals surface area contributed by atoms with Crippen molar-refractivity contribution in [3.63, 3.8) is 0 Å². The molecule has 3 heteroatoms. The molecule has 0 aromatic heterocycles. The van der Waals surface area contributed by atoms with Gasteiger partial charge in [-0.15, -0.1) is 0 Å². The van der Waals surface area contributed by atoms with Crippen LogP contribution in [-0.4, -0.2) is 24.7 Å². The van der Waals surface area contributed by atoms with Crippen LogP contribution in [0.4, 0.5) is 0 Å². The van der Waals surface area contributed by atoms with Crippen LogP contribution < -0.4 is 10.1 Å². The highest BCUT2D eigenvalue weighted by Gasteiger charge is 2.19. The van der Waals surface area contributed by atoms with Gasteiger partial charge in [-0.05, 0) is 37.1 Å². The zero-order valence-corrected chi connectivity index (χ0v) is 12.5. The van der Waals surface area contributed by atoms with Crippen LogP contribution in [0, 0.1) is 0 Å². The minimum atomic E-state index is 0.469. The Balaban J connectivity index is 1.64. The van der Waals surface area contributed by atoms with Crippen molar-refractivity contribution in [3.05, 3.63) is 29.3 Å². The zero-order valence-electron chi connectivity index (χ0n) is 11.7. The van der Waals surface area contributed by atoms with Crippen LogP contribution in [0.5, 0.6) is 5.75 Å². The highest BCUT2D eigenvalue weighted by atomic mass is 32.2. The minimum Gasteiger partial charge on any atom is -0.493 e. The SMILES string of the molecule is CNC(CSC1CCCC1)c1ccc2c(c1)CCO2. The number of fused-ring (bicyclic) bond motifs is 1. The number of ether oxygens (including phenoxy) is 1. The van der Waals surface area contributed by atoms with Crippen molar-refractivity contribution in [1.82, 2.24) is 5.32 Å². The van der Waals surface area contributed by atoms with Gasteiger partial charge in [-0.3, -0.25) is 0 Å². The lowest BCUT2D eigenvalue weighted by Gasteiger charge is -2.19. The quantitative estimate of drug-likeness (QED) is 0.889. The number of rotatable bonds is 5. The molecule has 1 fully saturated rings. The van der Waals surface area contributed by atoms with E-state index in [-0.39, 0.29) is 0 Å². The third-order valence-corrected chi connectivity index (χ3v) is 5.73. The molecule has 1 unspecified atom stereocenters. The van der Waals surface area contributed by atoms with E-state index in [4.69, 9.17) is 4.74 Å². The van der Waals surface area contributed by atoms with Gasteiger partial charge in [-0.2, -0.15) is 11.8 Å². The number of benzene rings is 1. The van der Waals surface area contributed by atoms with E-state index in [0.717, 1.165) is 24.0 Å². The van der Waals surface area contributed by atoms with Crippen LogP contribution >= 0.6 is 11.8 Å². The molecule has 19 heavy (non-hydrogen) atoms. The molecule has 1 aromatic rings. The molecule has 0 radical (unpaired) electrons. The van der Waals surface area contributed by atoms with Gasteiger partial charge in [0.15, 0.2) is 0 Å². The van der Waals surface area contributed by atoms with Crippen molar-refractivity contribution in [2.24, 2.45) is 0 Å².